The Hall–Kier alpha value is -2.38. The molecule has 0 aliphatic carbocycles. The number of nitrogens with zero attached hydrogens (tertiary/aromatic N) is 1. The lowest BCUT2D eigenvalue weighted by molar-refractivity contribution is -0.164. The number of alkyl halides is 3. The van der Waals surface area contributed by atoms with Gasteiger partial charge in [-0.3, -0.25) is 10.2 Å². The number of Topliss-reactive ketones (excluding diaryl/α,β-unsaturated/α-hetero) is 1. The highest BCUT2D eigenvalue weighted by molar-refractivity contribution is 6.65. The molecule has 1 N–H and O–H groups in total. The molecule has 0 unspecified atom stereocenters. The maximum atomic E-state index is 12.4. The number of halogens is 3. The second-order valence-electron chi connectivity index (χ2n) is 3.49. The largest absolute Gasteiger partial charge is 0.461 e. The Labute approximate surface area is 112 Å². The third kappa shape index (κ3) is 4.38. The molecule has 0 aliphatic heterocycles. The number of carbonyl (C=O) groups is 2. The molecule has 0 amide bonds. The number of carbonyl (C=O) groups excluding carboxylic acids is 2. The summed E-state index contributed by atoms with van der Waals surface area (Å²) in [5, 5.41) is 3.20. The molecule has 8 heteroatoms. The molecule has 0 radical (unpaired) electrons. The first-order valence-corrected chi connectivity index (χ1v) is 5.53. The molecule has 0 aliphatic rings. The predicted molar refractivity (Wildman–Crippen MR) is 65.2 cm³/mol. The van der Waals surface area contributed by atoms with Crippen LogP contribution >= 0.6 is 0 Å². The van der Waals surface area contributed by atoms with Crippen LogP contribution in [0.25, 0.3) is 0 Å². The Morgan fingerprint density at radius 1 is 1.25 bits per heavy atom. The van der Waals surface area contributed by atoms with Crippen molar-refractivity contribution >= 4 is 23.2 Å². The average molecular weight is 288 g/mol. The molecule has 0 bridgehead atoms. The minimum Gasteiger partial charge on any atom is -0.461 e. The molecule has 20 heavy (non-hydrogen) atoms. The lowest BCUT2D eigenvalue weighted by Crippen LogP contribution is -2.37. The molecular formula is C12H11F3N2O3. The van der Waals surface area contributed by atoms with Gasteiger partial charge < -0.3 is 4.74 Å². The lowest BCUT2D eigenvalue weighted by atomic mass is 10.2. The SMILES string of the molecule is CCOC(=O)/C(=N\Nc1ccccc1)C(=O)C(F)(F)F. The first kappa shape index (κ1) is 15.7. The normalized spacial score (nSPS) is 11.9. The quantitative estimate of drug-likeness (QED) is 0.390. The Kier molecular flexibility index (Phi) is 5.24. The van der Waals surface area contributed by atoms with Crippen molar-refractivity contribution in [3.8, 4) is 0 Å². The minimum atomic E-state index is -5.20. The summed E-state index contributed by atoms with van der Waals surface area (Å²) in [4.78, 5) is 22.4. The summed E-state index contributed by atoms with van der Waals surface area (Å²) in [5.41, 5.74) is 1.18. The fraction of sp³-hybridized carbons (Fsp3) is 0.250. The number of anilines is 1. The van der Waals surface area contributed by atoms with Crippen molar-refractivity contribution in [2.24, 2.45) is 5.10 Å². The minimum absolute atomic E-state index is 0.172. The van der Waals surface area contributed by atoms with E-state index in [0.29, 0.717) is 5.69 Å². The van der Waals surface area contributed by atoms with E-state index in [2.05, 4.69) is 15.3 Å². The highest BCUT2D eigenvalue weighted by atomic mass is 19.4. The lowest BCUT2D eigenvalue weighted by Gasteiger charge is -2.08. The summed E-state index contributed by atoms with van der Waals surface area (Å²) in [7, 11) is 0. The third-order valence-electron chi connectivity index (χ3n) is 2.01. The van der Waals surface area contributed by atoms with Crippen LogP contribution in [0.15, 0.2) is 35.4 Å². The van der Waals surface area contributed by atoms with Crippen molar-refractivity contribution in [2.45, 2.75) is 13.1 Å². The summed E-state index contributed by atoms with van der Waals surface area (Å²) in [5.74, 6) is -3.79. The fourth-order valence-corrected chi connectivity index (χ4v) is 1.16. The predicted octanol–water partition coefficient (Wildman–Crippen LogP) is 2.15. The number of ketones is 1. The summed E-state index contributed by atoms with van der Waals surface area (Å²) >= 11 is 0. The van der Waals surface area contributed by atoms with Crippen LogP contribution in [0.5, 0.6) is 0 Å². The molecule has 0 fully saturated rings. The van der Waals surface area contributed by atoms with Gasteiger partial charge in [0.25, 0.3) is 5.78 Å². The zero-order valence-electron chi connectivity index (χ0n) is 10.4. The van der Waals surface area contributed by atoms with Crippen LogP contribution in [0.4, 0.5) is 18.9 Å². The summed E-state index contributed by atoms with van der Waals surface area (Å²) in [6.45, 7) is 1.23. The number of hydrazone groups is 1. The Bertz CT molecular complexity index is 512. The van der Waals surface area contributed by atoms with Gasteiger partial charge in [-0.2, -0.15) is 18.3 Å². The van der Waals surface area contributed by atoms with Crippen molar-refractivity contribution < 1.29 is 27.5 Å². The molecule has 0 spiro atoms. The van der Waals surface area contributed by atoms with Crippen LogP contribution < -0.4 is 5.43 Å². The van der Waals surface area contributed by atoms with E-state index in [1.54, 1.807) is 18.2 Å². The van der Waals surface area contributed by atoms with E-state index >= 15 is 0 Å². The Morgan fingerprint density at radius 3 is 2.35 bits per heavy atom. The van der Waals surface area contributed by atoms with E-state index in [4.69, 9.17) is 0 Å². The monoisotopic (exact) mass is 288 g/mol. The molecule has 1 rings (SSSR count). The van der Waals surface area contributed by atoms with Crippen LogP contribution in [0.2, 0.25) is 0 Å². The third-order valence-corrected chi connectivity index (χ3v) is 2.01. The molecule has 0 saturated carbocycles. The zero-order valence-corrected chi connectivity index (χ0v) is 10.4. The molecule has 5 nitrogen and oxygen atoms in total. The van der Waals surface area contributed by atoms with Crippen LogP contribution in [-0.4, -0.2) is 30.2 Å². The first-order chi connectivity index (χ1) is 9.36. The van der Waals surface area contributed by atoms with Gasteiger partial charge in [-0.25, -0.2) is 4.79 Å². The van der Waals surface area contributed by atoms with Crippen molar-refractivity contribution in [3.63, 3.8) is 0 Å². The Balaban J connectivity index is 2.99. The van der Waals surface area contributed by atoms with Gasteiger partial charge in [0.2, 0.25) is 5.71 Å². The van der Waals surface area contributed by atoms with Crippen LogP contribution in [0.3, 0.4) is 0 Å². The van der Waals surface area contributed by atoms with Crippen LogP contribution in [-0.2, 0) is 14.3 Å². The van der Waals surface area contributed by atoms with Gasteiger partial charge in [0, 0.05) is 0 Å². The second kappa shape index (κ2) is 6.69. The number of esters is 1. The number of ether oxygens (including phenoxy) is 1. The molecule has 0 atom stereocenters. The summed E-state index contributed by atoms with van der Waals surface area (Å²) < 4.78 is 41.5. The van der Waals surface area contributed by atoms with Crippen molar-refractivity contribution in [3.05, 3.63) is 30.3 Å². The zero-order chi connectivity index (χ0) is 15.2. The van der Waals surface area contributed by atoms with Crippen LogP contribution in [0, 0.1) is 0 Å². The van der Waals surface area contributed by atoms with Crippen molar-refractivity contribution in [2.75, 3.05) is 12.0 Å². The number of rotatable bonds is 5. The number of para-hydroxylation sites is 1. The highest BCUT2D eigenvalue weighted by Crippen LogP contribution is 2.17. The first-order valence-electron chi connectivity index (χ1n) is 5.53. The molecular weight excluding hydrogens is 277 g/mol. The fourth-order valence-electron chi connectivity index (χ4n) is 1.16. The van der Waals surface area contributed by atoms with Gasteiger partial charge in [-0.15, -0.1) is 0 Å². The van der Waals surface area contributed by atoms with E-state index in [1.807, 2.05) is 0 Å². The topological polar surface area (TPSA) is 67.8 Å². The molecule has 1 aromatic carbocycles. The standard InChI is InChI=1S/C12H11F3N2O3/c1-2-20-11(19)9(10(18)12(13,14)15)17-16-8-6-4-3-5-7-8/h3-7,16H,2H2,1H3/b17-9-. The average Bonchev–Trinajstić information content (AvgIpc) is 2.39. The number of nitrogens with one attached hydrogen (secondary N) is 1. The van der Waals surface area contributed by atoms with Gasteiger partial charge in [-0.1, -0.05) is 18.2 Å². The molecule has 108 valence electrons. The van der Waals surface area contributed by atoms with Crippen LogP contribution in [0.1, 0.15) is 6.92 Å². The number of benzene rings is 1. The van der Waals surface area contributed by atoms with Gasteiger partial charge >= 0.3 is 12.1 Å². The van der Waals surface area contributed by atoms with E-state index in [-0.39, 0.29) is 6.61 Å². The van der Waals surface area contributed by atoms with Crippen molar-refractivity contribution in [1.82, 2.24) is 0 Å². The van der Waals surface area contributed by atoms with Gasteiger partial charge in [0.15, 0.2) is 0 Å². The Morgan fingerprint density at radius 2 is 1.85 bits per heavy atom. The van der Waals surface area contributed by atoms with Gasteiger partial charge in [-0.05, 0) is 19.1 Å². The highest BCUT2D eigenvalue weighted by Gasteiger charge is 2.45. The van der Waals surface area contributed by atoms with E-state index in [1.165, 1.54) is 19.1 Å². The summed E-state index contributed by atoms with van der Waals surface area (Å²) in [6, 6.07) is 7.90. The van der Waals surface area contributed by atoms with E-state index in [9.17, 15) is 22.8 Å². The van der Waals surface area contributed by atoms with Gasteiger partial charge in [0.05, 0.1) is 12.3 Å². The molecule has 1 aromatic rings. The van der Waals surface area contributed by atoms with E-state index < -0.39 is 23.6 Å². The second-order valence-corrected chi connectivity index (χ2v) is 3.49. The number of hydrogen-bond donors (Lipinski definition) is 1. The number of hydrogen-bond acceptors (Lipinski definition) is 5. The van der Waals surface area contributed by atoms with Crippen molar-refractivity contribution in [1.29, 1.82) is 0 Å². The molecule has 0 saturated heterocycles. The maximum Gasteiger partial charge on any atom is 0.456 e. The van der Waals surface area contributed by atoms with E-state index in [0.717, 1.165) is 0 Å². The molecule has 0 heterocycles. The summed E-state index contributed by atoms with van der Waals surface area (Å²) in [6.07, 6.45) is -5.20. The molecule has 0 aromatic heterocycles. The van der Waals surface area contributed by atoms with Gasteiger partial charge in [0.1, 0.15) is 0 Å². The smallest absolute Gasteiger partial charge is 0.456 e. The maximum absolute atomic E-state index is 12.4.